The number of benzene rings is 3. The largest absolute Gasteiger partial charge is 0.338 e. The van der Waals surface area contributed by atoms with Crippen molar-refractivity contribution in [3.8, 4) is 0 Å². The second kappa shape index (κ2) is 13.0. The van der Waals surface area contributed by atoms with Crippen molar-refractivity contribution < 1.29 is 18.0 Å². The van der Waals surface area contributed by atoms with Crippen LogP contribution < -0.4 is 0 Å². The molecule has 2 atom stereocenters. The predicted molar refractivity (Wildman–Crippen MR) is 175 cm³/mol. The van der Waals surface area contributed by atoms with E-state index in [4.69, 9.17) is 0 Å². The second-order valence-electron chi connectivity index (χ2n) is 12.8. The van der Waals surface area contributed by atoms with E-state index in [9.17, 15) is 18.0 Å². The van der Waals surface area contributed by atoms with Gasteiger partial charge in [0.05, 0.1) is 10.3 Å². The maximum absolute atomic E-state index is 13.6. The second-order valence-corrected chi connectivity index (χ2v) is 14.8. The molecule has 6 rings (SSSR count). The molecule has 0 aliphatic carbocycles. The van der Waals surface area contributed by atoms with Crippen molar-refractivity contribution in [3.05, 3.63) is 101 Å². The van der Waals surface area contributed by atoms with Crippen LogP contribution in [-0.4, -0.2) is 80.5 Å². The Hall–Kier alpha value is -3.20. The van der Waals surface area contributed by atoms with E-state index < -0.39 is 9.84 Å². The van der Waals surface area contributed by atoms with E-state index in [2.05, 4.69) is 29.2 Å². The van der Waals surface area contributed by atoms with Crippen LogP contribution in [0.3, 0.4) is 0 Å². The third-order valence-electron chi connectivity index (χ3n) is 9.96. The third-order valence-corrected chi connectivity index (χ3v) is 11.1. The fourth-order valence-electron chi connectivity index (χ4n) is 7.35. The van der Waals surface area contributed by atoms with Gasteiger partial charge in [-0.1, -0.05) is 60.7 Å². The highest BCUT2D eigenvalue weighted by Gasteiger charge is 2.48. The van der Waals surface area contributed by atoms with Crippen molar-refractivity contribution in [3.63, 3.8) is 0 Å². The van der Waals surface area contributed by atoms with Crippen molar-refractivity contribution in [2.45, 2.75) is 43.5 Å². The summed E-state index contributed by atoms with van der Waals surface area (Å²) in [6.45, 7) is 7.38. The van der Waals surface area contributed by atoms with Gasteiger partial charge in [0, 0.05) is 50.5 Å². The Balaban J connectivity index is 0.00000384. The van der Waals surface area contributed by atoms with Crippen LogP contribution in [-0.2, 0) is 21.2 Å². The van der Waals surface area contributed by atoms with Crippen molar-refractivity contribution >= 4 is 34.1 Å². The first-order valence-corrected chi connectivity index (χ1v) is 17.2. The van der Waals surface area contributed by atoms with Gasteiger partial charge in [-0.3, -0.25) is 9.59 Å². The molecule has 0 aromatic heterocycles. The Morgan fingerprint density at radius 1 is 0.864 bits per heavy atom. The lowest BCUT2D eigenvalue weighted by molar-refractivity contribution is -0.139. The quantitative estimate of drug-likeness (QED) is 0.357. The van der Waals surface area contributed by atoms with E-state index in [1.807, 2.05) is 59.2 Å². The Bertz CT molecular complexity index is 1590. The number of carbonyl (C=O) groups is 2. The molecule has 9 heteroatoms. The molecule has 0 radical (unpaired) electrons. The van der Waals surface area contributed by atoms with E-state index in [1.165, 1.54) is 11.8 Å². The summed E-state index contributed by atoms with van der Waals surface area (Å²) >= 11 is 0. The van der Waals surface area contributed by atoms with E-state index >= 15 is 0 Å². The van der Waals surface area contributed by atoms with Gasteiger partial charge >= 0.3 is 0 Å². The summed E-state index contributed by atoms with van der Waals surface area (Å²) in [5.74, 6) is 0.956. The fraction of sp³-hybridized carbons (Fsp3) is 0.429. The Kier molecular flexibility index (Phi) is 9.54. The summed E-state index contributed by atoms with van der Waals surface area (Å²) in [6, 6.07) is 25.3. The number of piperidine rings is 1. The average molecular weight is 636 g/mol. The van der Waals surface area contributed by atoms with Crippen LogP contribution in [0.15, 0.2) is 83.8 Å². The summed E-state index contributed by atoms with van der Waals surface area (Å²) < 4.78 is 23.6. The zero-order valence-electron chi connectivity index (χ0n) is 25.5. The number of hydrogen-bond acceptors (Lipinski definition) is 5. The Morgan fingerprint density at radius 2 is 1.50 bits per heavy atom. The first kappa shape index (κ1) is 32.2. The summed E-state index contributed by atoms with van der Waals surface area (Å²) in [5, 5.41) is 0. The van der Waals surface area contributed by atoms with Gasteiger partial charge in [0.1, 0.15) is 0 Å². The molecule has 0 N–H and O–H groups in total. The number of likely N-dealkylation sites (tertiary alicyclic amines) is 3. The van der Waals surface area contributed by atoms with Crippen LogP contribution >= 0.6 is 12.4 Å². The fourth-order valence-corrected chi connectivity index (χ4v) is 7.98. The van der Waals surface area contributed by atoms with Gasteiger partial charge in [-0.25, -0.2) is 8.42 Å². The predicted octanol–water partition coefficient (Wildman–Crippen LogP) is 5.19. The van der Waals surface area contributed by atoms with Crippen LogP contribution in [0.4, 0.5) is 0 Å². The Morgan fingerprint density at radius 3 is 2.16 bits per heavy atom. The number of nitrogens with zero attached hydrogens (tertiary/aromatic N) is 3. The number of hydrogen-bond donors (Lipinski definition) is 0. The third kappa shape index (κ3) is 6.58. The van der Waals surface area contributed by atoms with Gasteiger partial charge in [-0.05, 0) is 80.1 Å². The van der Waals surface area contributed by atoms with Gasteiger partial charge in [0.2, 0.25) is 5.91 Å². The van der Waals surface area contributed by atoms with E-state index in [-0.39, 0.29) is 35.6 Å². The molecular formula is C35H42ClN3O4S. The lowest BCUT2D eigenvalue weighted by Crippen LogP contribution is -2.46. The van der Waals surface area contributed by atoms with E-state index in [0.717, 1.165) is 75.2 Å². The number of amides is 2. The Labute approximate surface area is 267 Å². The monoisotopic (exact) mass is 635 g/mol. The average Bonchev–Trinajstić information content (AvgIpc) is 3.56. The molecule has 3 aromatic rings. The molecule has 0 bridgehead atoms. The summed E-state index contributed by atoms with van der Waals surface area (Å²) in [5.41, 5.74) is 3.73. The first-order chi connectivity index (χ1) is 20.6. The highest BCUT2D eigenvalue weighted by atomic mass is 35.5. The number of halogens is 1. The minimum atomic E-state index is -3.24. The molecule has 3 aliphatic heterocycles. The molecule has 2 unspecified atom stereocenters. The standard InChI is InChI=1S/C35H41N3O4S.ClH/c1-26-8-6-7-11-31(26)33(39)38-24-29(32(25-38)28-9-4-3-5-10-28)23-36-19-16-35(17-20-36)18-21-37(34(35)40)22-27-12-14-30(15-13-27)43(2,41)42;/h3-15,29,32H,16-25H2,1-2H3;1H. The summed E-state index contributed by atoms with van der Waals surface area (Å²) in [7, 11) is -3.24. The summed E-state index contributed by atoms with van der Waals surface area (Å²) in [4.78, 5) is 34.0. The van der Waals surface area contributed by atoms with E-state index in [1.54, 1.807) is 12.1 Å². The van der Waals surface area contributed by atoms with Gasteiger partial charge in [-0.2, -0.15) is 0 Å². The maximum atomic E-state index is 13.6. The molecule has 3 fully saturated rings. The maximum Gasteiger partial charge on any atom is 0.254 e. The normalized spacial score (nSPS) is 21.9. The van der Waals surface area contributed by atoms with Crippen LogP contribution in [0.25, 0.3) is 0 Å². The van der Waals surface area contributed by atoms with Crippen molar-refractivity contribution in [2.24, 2.45) is 11.3 Å². The van der Waals surface area contributed by atoms with E-state index in [0.29, 0.717) is 17.4 Å². The molecular weight excluding hydrogens is 594 g/mol. The van der Waals surface area contributed by atoms with Gasteiger partial charge in [0.15, 0.2) is 9.84 Å². The molecule has 3 aliphatic rings. The molecule has 3 heterocycles. The molecule has 3 aromatic carbocycles. The lowest BCUT2D eigenvalue weighted by atomic mass is 9.76. The highest BCUT2D eigenvalue weighted by Crippen LogP contribution is 2.43. The van der Waals surface area contributed by atoms with Crippen molar-refractivity contribution in [1.82, 2.24) is 14.7 Å². The molecule has 44 heavy (non-hydrogen) atoms. The smallest absolute Gasteiger partial charge is 0.254 e. The van der Waals surface area contributed by atoms with Gasteiger partial charge < -0.3 is 14.7 Å². The molecule has 0 saturated carbocycles. The SMILES string of the molecule is Cc1ccccc1C(=O)N1CC(CN2CCC3(CC2)CCN(Cc2ccc(S(C)(=O)=O)cc2)C3=O)C(c2ccccc2)C1.Cl. The van der Waals surface area contributed by atoms with Gasteiger partial charge in [-0.15, -0.1) is 12.4 Å². The zero-order chi connectivity index (χ0) is 30.2. The van der Waals surface area contributed by atoms with Crippen LogP contribution in [0, 0.1) is 18.3 Å². The van der Waals surface area contributed by atoms with Crippen LogP contribution in [0.5, 0.6) is 0 Å². The van der Waals surface area contributed by atoms with Crippen LogP contribution in [0.2, 0.25) is 0 Å². The number of carbonyl (C=O) groups excluding carboxylic acids is 2. The lowest BCUT2D eigenvalue weighted by Gasteiger charge is -2.39. The number of rotatable bonds is 7. The minimum Gasteiger partial charge on any atom is -0.338 e. The topological polar surface area (TPSA) is 78.0 Å². The molecule has 1 spiro atoms. The molecule has 7 nitrogen and oxygen atoms in total. The van der Waals surface area contributed by atoms with Crippen molar-refractivity contribution in [2.75, 3.05) is 45.5 Å². The van der Waals surface area contributed by atoms with Crippen molar-refractivity contribution in [1.29, 1.82) is 0 Å². The number of aryl methyl sites for hydroxylation is 1. The molecule has 3 saturated heterocycles. The summed E-state index contributed by atoms with van der Waals surface area (Å²) in [6.07, 6.45) is 3.78. The zero-order valence-corrected chi connectivity index (χ0v) is 27.2. The molecule has 2 amide bonds. The van der Waals surface area contributed by atoms with Gasteiger partial charge in [0.25, 0.3) is 5.91 Å². The molecule has 234 valence electrons. The first-order valence-electron chi connectivity index (χ1n) is 15.3. The van der Waals surface area contributed by atoms with Crippen LogP contribution in [0.1, 0.15) is 52.2 Å². The number of sulfone groups is 1. The highest BCUT2D eigenvalue weighted by molar-refractivity contribution is 7.90. The minimum absolute atomic E-state index is 0.